The number of hydrogen-bond acceptors (Lipinski definition) is 5. The van der Waals surface area contributed by atoms with Crippen LogP contribution in [0.5, 0.6) is 0 Å². The lowest BCUT2D eigenvalue weighted by Crippen LogP contribution is -2.57. The van der Waals surface area contributed by atoms with Crippen molar-refractivity contribution in [1.29, 1.82) is 0 Å². The number of carbonyl (C=O) groups excluding carboxylic acids is 3. The first-order chi connectivity index (χ1) is 19.4. The molecule has 10 heteroatoms. The van der Waals surface area contributed by atoms with Gasteiger partial charge in [-0.3, -0.25) is 14.4 Å². The highest BCUT2D eigenvalue weighted by Crippen LogP contribution is 2.55. The first kappa shape index (κ1) is 28.0. The van der Waals surface area contributed by atoms with Crippen molar-refractivity contribution in [2.24, 2.45) is 11.8 Å². The van der Waals surface area contributed by atoms with Gasteiger partial charge < -0.3 is 25.2 Å². The molecule has 40 heavy (non-hydrogen) atoms. The Morgan fingerprint density at radius 3 is 2.30 bits per heavy atom. The predicted molar refractivity (Wildman–Crippen MR) is 154 cm³/mol. The van der Waals surface area contributed by atoms with E-state index in [0.29, 0.717) is 28.8 Å². The molecule has 5 aliphatic rings. The molecule has 5 atom stereocenters. The molecule has 4 fully saturated rings. The van der Waals surface area contributed by atoms with Gasteiger partial charge in [0.2, 0.25) is 17.7 Å². The molecule has 4 heterocycles. The second-order valence-electron chi connectivity index (χ2n) is 12.0. The van der Waals surface area contributed by atoms with Crippen molar-refractivity contribution in [1.82, 2.24) is 15.1 Å². The fourth-order valence-corrected chi connectivity index (χ4v) is 8.02. The molecular weight excluding hydrogens is 551 g/mol. The summed E-state index contributed by atoms with van der Waals surface area (Å²) >= 11 is 12.3. The van der Waals surface area contributed by atoms with Gasteiger partial charge >= 0.3 is 0 Å². The van der Waals surface area contributed by atoms with Crippen LogP contribution in [0.25, 0.3) is 0 Å². The zero-order valence-corrected chi connectivity index (χ0v) is 24.3. The van der Waals surface area contributed by atoms with Gasteiger partial charge in [0.05, 0.1) is 17.9 Å². The molecule has 1 spiro atoms. The van der Waals surface area contributed by atoms with Gasteiger partial charge in [-0.1, -0.05) is 67.5 Å². The molecule has 3 amide bonds. The number of anilines is 1. The van der Waals surface area contributed by atoms with Crippen molar-refractivity contribution in [2.75, 3.05) is 31.5 Å². The zero-order valence-electron chi connectivity index (χ0n) is 22.7. The summed E-state index contributed by atoms with van der Waals surface area (Å²) in [6.07, 6.45) is 13.2. The molecule has 2 N–H and O–H groups in total. The van der Waals surface area contributed by atoms with Gasteiger partial charge in [-0.15, -0.1) is 0 Å². The number of amides is 3. The molecule has 6 rings (SSSR count). The molecule has 2 bridgehead atoms. The monoisotopic (exact) mass is 588 g/mol. The van der Waals surface area contributed by atoms with Gasteiger partial charge in [-0.2, -0.15) is 0 Å². The Balaban J connectivity index is 1.26. The van der Waals surface area contributed by atoms with Gasteiger partial charge in [0.15, 0.2) is 0 Å². The highest BCUT2D eigenvalue weighted by molar-refractivity contribution is 6.35. The molecular formula is C30H38Cl2N4O4. The highest BCUT2D eigenvalue weighted by Gasteiger charge is 2.72. The standard InChI is InChI=1S/C30H38Cl2N4O4/c31-19-16-20(32)18-22(17-19)34-27(37)24-23-10-11-30(40-23)25(24)29(39)36(15-14-35-12-6-1-2-7-13-35)26(30)28(38)33-21-8-4-3-5-9-21/h10-11,16-18,21,23-26H,1-9,12-15H2,(H,33,38)(H,34,37)/t23-,24-,25-,26-,30-/m0/s1. The Bertz CT molecular complexity index is 1160. The molecule has 0 aromatic heterocycles. The number of halogens is 2. The molecule has 1 aromatic carbocycles. The van der Waals surface area contributed by atoms with Crippen LogP contribution in [-0.4, -0.2) is 77.5 Å². The van der Waals surface area contributed by atoms with Crippen LogP contribution in [0, 0.1) is 11.8 Å². The smallest absolute Gasteiger partial charge is 0.246 e. The van der Waals surface area contributed by atoms with Gasteiger partial charge in [0, 0.05) is 34.9 Å². The van der Waals surface area contributed by atoms with Gasteiger partial charge in [0.25, 0.3) is 0 Å². The number of likely N-dealkylation sites (tertiary alicyclic amines) is 2. The fraction of sp³-hybridized carbons (Fsp3) is 0.633. The van der Waals surface area contributed by atoms with Crippen LogP contribution in [0.1, 0.15) is 57.8 Å². The van der Waals surface area contributed by atoms with Crippen LogP contribution in [0.4, 0.5) is 5.69 Å². The van der Waals surface area contributed by atoms with Gasteiger partial charge in [-0.25, -0.2) is 0 Å². The Morgan fingerprint density at radius 1 is 0.925 bits per heavy atom. The zero-order chi connectivity index (χ0) is 27.9. The van der Waals surface area contributed by atoms with E-state index in [0.717, 1.165) is 51.6 Å². The number of ether oxygens (including phenoxy) is 1. The number of rotatable bonds is 7. The maximum Gasteiger partial charge on any atom is 0.246 e. The summed E-state index contributed by atoms with van der Waals surface area (Å²) in [6.45, 7) is 3.13. The Kier molecular flexibility index (Phi) is 8.14. The lowest BCUT2D eigenvalue weighted by molar-refractivity contribution is -0.141. The quantitative estimate of drug-likeness (QED) is 0.460. The second kappa shape index (κ2) is 11.6. The SMILES string of the molecule is O=C(Nc1cc(Cl)cc(Cl)c1)[C@H]1[C@@H]2C=C[C@]3(O2)[C@@H]1C(=O)N(CCN1CCCCCC1)[C@H]3C(=O)NC1CCCCC1. The molecule has 1 saturated carbocycles. The van der Waals surface area contributed by atoms with Crippen LogP contribution in [0.2, 0.25) is 10.0 Å². The summed E-state index contributed by atoms with van der Waals surface area (Å²) in [5, 5.41) is 6.95. The molecule has 4 aliphatic heterocycles. The predicted octanol–water partition coefficient (Wildman–Crippen LogP) is 4.41. The van der Waals surface area contributed by atoms with Gasteiger partial charge in [0.1, 0.15) is 11.6 Å². The molecule has 216 valence electrons. The number of carbonyl (C=O) groups is 3. The maximum atomic E-state index is 14.2. The minimum absolute atomic E-state index is 0.105. The van der Waals surface area contributed by atoms with Crippen molar-refractivity contribution in [2.45, 2.75) is 81.6 Å². The lowest BCUT2D eigenvalue weighted by atomic mass is 9.74. The summed E-state index contributed by atoms with van der Waals surface area (Å²) in [6, 6.07) is 4.13. The van der Waals surface area contributed by atoms with Crippen molar-refractivity contribution in [3.05, 3.63) is 40.4 Å². The maximum absolute atomic E-state index is 14.2. The first-order valence-corrected chi connectivity index (χ1v) is 15.6. The van der Waals surface area contributed by atoms with Crippen LogP contribution in [0.15, 0.2) is 30.4 Å². The molecule has 0 unspecified atom stereocenters. The Hall–Kier alpha value is -2.13. The highest BCUT2D eigenvalue weighted by atomic mass is 35.5. The minimum Gasteiger partial charge on any atom is -0.359 e. The van der Waals surface area contributed by atoms with E-state index in [2.05, 4.69) is 15.5 Å². The van der Waals surface area contributed by atoms with Crippen molar-refractivity contribution in [3.63, 3.8) is 0 Å². The molecule has 8 nitrogen and oxygen atoms in total. The molecule has 0 radical (unpaired) electrons. The van der Waals surface area contributed by atoms with Crippen LogP contribution < -0.4 is 10.6 Å². The summed E-state index contributed by atoms with van der Waals surface area (Å²) in [4.78, 5) is 45.9. The molecule has 1 aromatic rings. The third kappa shape index (κ3) is 5.28. The van der Waals surface area contributed by atoms with E-state index in [-0.39, 0.29) is 23.8 Å². The number of nitrogens with zero attached hydrogens (tertiary/aromatic N) is 2. The summed E-state index contributed by atoms with van der Waals surface area (Å²) in [7, 11) is 0. The average molecular weight is 590 g/mol. The van der Waals surface area contributed by atoms with Crippen molar-refractivity contribution >= 4 is 46.6 Å². The third-order valence-corrected chi connectivity index (χ3v) is 9.80. The van der Waals surface area contributed by atoms with E-state index in [9.17, 15) is 14.4 Å². The Morgan fingerprint density at radius 2 is 1.60 bits per heavy atom. The third-order valence-electron chi connectivity index (χ3n) is 9.36. The summed E-state index contributed by atoms with van der Waals surface area (Å²) in [5.41, 5.74) is -0.703. The number of nitrogens with one attached hydrogen (secondary N) is 2. The average Bonchev–Trinajstić information content (AvgIpc) is 3.46. The number of hydrogen-bond donors (Lipinski definition) is 2. The second-order valence-corrected chi connectivity index (χ2v) is 12.9. The van der Waals surface area contributed by atoms with Crippen LogP contribution in [0.3, 0.4) is 0 Å². The number of fused-ring (bicyclic) bond motifs is 1. The minimum atomic E-state index is -1.16. The number of benzene rings is 1. The van der Waals surface area contributed by atoms with E-state index in [4.69, 9.17) is 27.9 Å². The normalized spacial score (nSPS) is 32.2. The summed E-state index contributed by atoms with van der Waals surface area (Å²) in [5.74, 6) is -2.23. The van der Waals surface area contributed by atoms with Gasteiger partial charge in [-0.05, 0) is 57.0 Å². The molecule has 3 saturated heterocycles. The summed E-state index contributed by atoms with van der Waals surface area (Å²) < 4.78 is 6.48. The van der Waals surface area contributed by atoms with E-state index in [1.165, 1.54) is 19.3 Å². The first-order valence-electron chi connectivity index (χ1n) is 14.8. The van der Waals surface area contributed by atoms with E-state index < -0.39 is 29.6 Å². The van der Waals surface area contributed by atoms with E-state index >= 15 is 0 Å². The molecule has 1 aliphatic carbocycles. The van der Waals surface area contributed by atoms with E-state index in [1.54, 1.807) is 23.1 Å². The van der Waals surface area contributed by atoms with Crippen LogP contribution in [-0.2, 0) is 19.1 Å². The lowest BCUT2D eigenvalue weighted by Gasteiger charge is -2.35. The van der Waals surface area contributed by atoms with Crippen LogP contribution >= 0.6 is 23.2 Å². The van der Waals surface area contributed by atoms with Crippen molar-refractivity contribution in [3.8, 4) is 0 Å². The largest absolute Gasteiger partial charge is 0.359 e. The van der Waals surface area contributed by atoms with E-state index in [1.807, 2.05) is 12.2 Å². The Labute approximate surface area is 245 Å². The van der Waals surface area contributed by atoms with Crippen molar-refractivity contribution < 1.29 is 19.1 Å². The fourth-order valence-electron chi connectivity index (χ4n) is 7.50. The topological polar surface area (TPSA) is 91.0 Å².